The molecule has 14 heteroatoms. The number of likely N-dealkylation sites (tertiary alicyclic amines) is 1. The molecule has 1 aromatic carbocycles. The van der Waals surface area contributed by atoms with Crippen molar-refractivity contribution in [2.75, 3.05) is 20.2 Å². The minimum atomic E-state index is -4.30. The van der Waals surface area contributed by atoms with Gasteiger partial charge in [-0.05, 0) is 31.5 Å². The molecule has 11 nitrogen and oxygen atoms in total. The van der Waals surface area contributed by atoms with Crippen LogP contribution in [0.4, 0.5) is 8.78 Å². The number of amides is 1. The molecule has 2 fully saturated rings. The van der Waals surface area contributed by atoms with Crippen LogP contribution in [0.5, 0.6) is 5.75 Å². The topological polar surface area (TPSA) is 132 Å². The van der Waals surface area contributed by atoms with Crippen molar-refractivity contribution in [2.45, 2.75) is 43.7 Å². The van der Waals surface area contributed by atoms with Gasteiger partial charge in [-0.2, -0.15) is 18.9 Å². The van der Waals surface area contributed by atoms with Gasteiger partial charge in [0.15, 0.2) is 6.10 Å². The van der Waals surface area contributed by atoms with E-state index in [4.69, 9.17) is 13.8 Å². The summed E-state index contributed by atoms with van der Waals surface area (Å²) in [5, 5.41) is 12.8. The first-order valence-corrected chi connectivity index (χ1v) is 12.3. The van der Waals surface area contributed by atoms with E-state index < -0.39 is 50.4 Å². The molecule has 2 saturated heterocycles. The quantitative estimate of drug-likeness (QED) is 0.503. The summed E-state index contributed by atoms with van der Waals surface area (Å²) in [6, 6.07) is 8.42. The number of carbonyl (C=O) groups is 1. The van der Waals surface area contributed by atoms with Crippen molar-refractivity contribution in [3.05, 3.63) is 58.8 Å². The van der Waals surface area contributed by atoms with Gasteiger partial charge < -0.3 is 19.3 Å². The van der Waals surface area contributed by atoms with E-state index in [-0.39, 0.29) is 11.7 Å². The summed E-state index contributed by atoms with van der Waals surface area (Å²) in [4.78, 5) is 29.5. The molecule has 3 heterocycles. The molecule has 0 radical (unpaired) electrons. The van der Waals surface area contributed by atoms with E-state index in [1.807, 2.05) is 0 Å². The van der Waals surface area contributed by atoms with Crippen molar-refractivity contribution in [1.29, 1.82) is 0 Å². The molecule has 2 aliphatic rings. The van der Waals surface area contributed by atoms with Gasteiger partial charge in [-0.15, -0.1) is 0 Å². The number of carbonyl (C=O) groups excluding carboxylic acids is 1. The maximum absolute atomic E-state index is 14.8. The number of nitrogens with one attached hydrogen (secondary N) is 1. The molecule has 0 bridgehead atoms. The van der Waals surface area contributed by atoms with Crippen LogP contribution in [0.25, 0.3) is 0 Å². The summed E-state index contributed by atoms with van der Waals surface area (Å²) in [5.41, 5.74) is -0.655. The molecule has 190 valence electrons. The standard InChI is InChI=1S/C21H25F2N4O7P/c1-13-8-11-27(20(30)24-13)19-21(22,23)17(28)16(33-19)12-32-35(31,34-14-6-4-3-5-7-14)25-15-9-10-26(2)18(15)29/h3-8,11,15-17,19,28H,9-10,12H2,1-2H3,(H,25,31)/t15?,16?,17-,19-,35?/m1/s1. The van der Waals surface area contributed by atoms with Gasteiger partial charge in [-0.1, -0.05) is 18.2 Å². The maximum atomic E-state index is 14.8. The molecule has 0 aliphatic carbocycles. The number of ether oxygens (including phenoxy) is 1. The first-order chi connectivity index (χ1) is 16.5. The number of hydrogen-bond acceptors (Lipinski definition) is 8. The lowest BCUT2D eigenvalue weighted by molar-refractivity contribution is -0.141. The van der Waals surface area contributed by atoms with Crippen LogP contribution in [0.1, 0.15) is 18.3 Å². The lowest BCUT2D eigenvalue weighted by Gasteiger charge is -2.24. The average Bonchev–Trinajstić information content (AvgIpc) is 3.23. The Morgan fingerprint density at radius 3 is 2.63 bits per heavy atom. The predicted molar refractivity (Wildman–Crippen MR) is 118 cm³/mol. The molecule has 1 aromatic heterocycles. The fourth-order valence-corrected chi connectivity index (χ4v) is 5.34. The summed E-state index contributed by atoms with van der Waals surface area (Å²) in [7, 11) is -2.71. The minimum absolute atomic E-state index is 0.149. The number of likely N-dealkylation sites (N-methyl/N-ethyl adjacent to an activating group) is 1. The van der Waals surface area contributed by atoms with Gasteiger partial charge in [-0.3, -0.25) is 13.9 Å². The van der Waals surface area contributed by atoms with E-state index in [0.717, 1.165) is 6.20 Å². The van der Waals surface area contributed by atoms with E-state index in [9.17, 15) is 28.0 Å². The van der Waals surface area contributed by atoms with Crippen molar-refractivity contribution < 1.29 is 37.0 Å². The number of rotatable bonds is 8. The molecule has 35 heavy (non-hydrogen) atoms. The molecular weight excluding hydrogens is 489 g/mol. The van der Waals surface area contributed by atoms with E-state index in [0.29, 0.717) is 23.2 Å². The smallest absolute Gasteiger partial charge is 0.413 e. The van der Waals surface area contributed by atoms with Gasteiger partial charge in [0.1, 0.15) is 11.9 Å². The Hall–Kier alpha value is -2.70. The van der Waals surface area contributed by atoms with Crippen LogP contribution >= 0.6 is 7.75 Å². The third kappa shape index (κ3) is 5.29. The molecule has 3 unspecified atom stereocenters. The van der Waals surface area contributed by atoms with E-state index in [2.05, 4.69) is 10.1 Å². The summed E-state index contributed by atoms with van der Waals surface area (Å²) < 4.78 is 59.9. The third-order valence-corrected chi connectivity index (χ3v) is 7.29. The van der Waals surface area contributed by atoms with Gasteiger partial charge in [0, 0.05) is 25.5 Å². The maximum Gasteiger partial charge on any atom is 0.459 e. The normalized spacial score (nSPS) is 27.7. The van der Waals surface area contributed by atoms with Gasteiger partial charge >= 0.3 is 19.4 Å². The summed E-state index contributed by atoms with van der Waals surface area (Å²) in [6.45, 7) is 1.16. The summed E-state index contributed by atoms with van der Waals surface area (Å²) in [5.74, 6) is -4.06. The Balaban J connectivity index is 1.53. The fourth-order valence-electron chi connectivity index (χ4n) is 3.80. The molecule has 2 N–H and O–H groups in total. The van der Waals surface area contributed by atoms with Crippen LogP contribution < -0.4 is 15.3 Å². The first kappa shape index (κ1) is 25.4. The second kappa shape index (κ2) is 9.75. The van der Waals surface area contributed by atoms with Crippen LogP contribution in [-0.2, 0) is 18.6 Å². The molecule has 1 amide bonds. The zero-order chi connectivity index (χ0) is 25.4. The van der Waals surface area contributed by atoms with E-state index >= 15 is 0 Å². The number of aliphatic hydroxyl groups is 1. The lowest BCUT2D eigenvalue weighted by Crippen LogP contribution is -2.42. The van der Waals surface area contributed by atoms with Crippen molar-refractivity contribution in [3.8, 4) is 5.75 Å². The number of aromatic nitrogens is 2. The van der Waals surface area contributed by atoms with E-state index in [1.165, 1.54) is 30.0 Å². The fraction of sp³-hybridized carbons (Fsp3) is 0.476. The highest BCUT2D eigenvalue weighted by Gasteiger charge is 2.60. The Morgan fingerprint density at radius 1 is 1.29 bits per heavy atom. The van der Waals surface area contributed by atoms with Crippen molar-refractivity contribution in [2.24, 2.45) is 0 Å². The predicted octanol–water partition coefficient (Wildman–Crippen LogP) is 1.47. The monoisotopic (exact) mass is 514 g/mol. The second-order valence-electron chi connectivity index (χ2n) is 8.33. The van der Waals surface area contributed by atoms with Crippen LogP contribution in [0.15, 0.2) is 47.4 Å². The first-order valence-electron chi connectivity index (χ1n) is 10.8. The highest BCUT2D eigenvalue weighted by molar-refractivity contribution is 7.52. The molecule has 5 atom stereocenters. The lowest BCUT2D eigenvalue weighted by atomic mass is 10.1. The van der Waals surface area contributed by atoms with Crippen LogP contribution in [-0.4, -0.2) is 69.8 Å². The number of hydrogen-bond donors (Lipinski definition) is 2. The second-order valence-corrected chi connectivity index (χ2v) is 10.0. The number of aliphatic hydroxyl groups excluding tert-OH is 1. The number of halogens is 2. The Morgan fingerprint density at radius 2 is 2.00 bits per heavy atom. The largest absolute Gasteiger partial charge is 0.459 e. The molecule has 2 aliphatic heterocycles. The van der Waals surface area contributed by atoms with Gasteiger partial charge in [0.2, 0.25) is 12.1 Å². The number of para-hydroxylation sites is 1. The van der Waals surface area contributed by atoms with Gasteiger partial charge in [-0.25, -0.2) is 9.36 Å². The number of alkyl halides is 2. The number of aryl methyl sites for hydroxylation is 1. The van der Waals surface area contributed by atoms with E-state index in [1.54, 1.807) is 25.2 Å². The van der Waals surface area contributed by atoms with Crippen molar-refractivity contribution in [3.63, 3.8) is 0 Å². The molecular formula is C21H25F2N4O7P. The molecule has 2 aromatic rings. The van der Waals surface area contributed by atoms with Crippen LogP contribution in [0, 0.1) is 6.92 Å². The summed E-state index contributed by atoms with van der Waals surface area (Å²) in [6.07, 6.45) is -4.79. The zero-order valence-electron chi connectivity index (χ0n) is 18.9. The number of nitrogens with zero attached hydrogens (tertiary/aromatic N) is 3. The Bertz CT molecular complexity index is 1180. The molecule has 0 saturated carbocycles. The van der Waals surface area contributed by atoms with Crippen molar-refractivity contribution in [1.82, 2.24) is 19.5 Å². The minimum Gasteiger partial charge on any atom is -0.413 e. The van der Waals surface area contributed by atoms with Gasteiger partial charge in [0.05, 0.1) is 12.6 Å². The zero-order valence-corrected chi connectivity index (χ0v) is 19.8. The van der Waals surface area contributed by atoms with Crippen molar-refractivity contribution >= 4 is 13.7 Å². The Labute approximate surface area is 199 Å². The van der Waals surface area contributed by atoms with Crippen LogP contribution in [0.2, 0.25) is 0 Å². The highest BCUT2D eigenvalue weighted by Crippen LogP contribution is 2.48. The molecule has 0 spiro atoms. The third-order valence-electron chi connectivity index (χ3n) is 5.72. The Kier molecular flexibility index (Phi) is 7.07. The SMILES string of the molecule is Cc1ccn([C@@H]2OC(COP(=O)(NC3CCN(C)C3=O)Oc3ccccc3)[C@@H](O)C2(F)F)c(=O)n1. The average molecular weight is 514 g/mol. The molecule has 4 rings (SSSR count). The summed E-state index contributed by atoms with van der Waals surface area (Å²) >= 11 is 0. The number of benzene rings is 1. The highest BCUT2D eigenvalue weighted by atomic mass is 31.2. The van der Waals surface area contributed by atoms with Gasteiger partial charge in [0.25, 0.3) is 0 Å². The van der Waals surface area contributed by atoms with Crippen LogP contribution in [0.3, 0.4) is 0 Å².